The molecule has 1 N–H and O–H groups in total. The molecule has 0 aliphatic rings. The summed E-state index contributed by atoms with van der Waals surface area (Å²) in [5.41, 5.74) is -0.828. The lowest BCUT2D eigenvalue weighted by molar-refractivity contribution is 0.359. The van der Waals surface area contributed by atoms with Gasteiger partial charge in [0.05, 0.1) is 26.2 Å². The molecule has 258 valence electrons. The van der Waals surface area contributed by atoms with Crippen LogP contribution >= 0.6 is 20.4 Å². The number of rotatable bonds is 7. The molecule has 0 aromatic heterocycles. The van der Waals surface area contributed by atoms with Crippen molar-refractivity contribution in [2.75, 3.05) is 0 Å². The van der Waals surface area contributed by atoms with E-state index in [-0.39, 0.29) is 35.5 Å². The third-order valence-electron chi connectivity index (χ3n) is 5.24. The van der Waals surface area contributed by atoms with Gasteiger partial charge in [0.2, 0.25) is 0 Å². The van der Waals surface area contributed by atoms with Gasteiger partial charge < -0.3 is 0 Å². The van der Waals surface area contributed by atoms with E-state index in [2.05, 4.69) is 9.12 Å². The van der Waals surface area contributed by atoms with Crippen molar-refractivity contribution in [3.05, 3.63) is 59.2 Å². The molecule has 0 amide bonds. The molecule has 44 heavy (non-hydrogen) atoms. The number of hydrogen-bond acceptors (Lipinski definition) is 2. The van der Waals surface area contributed by atoms with Crippen LogP contribution in [0.25, 0.3) is 0 Å². The molecule has 0 saturated heterocycles. The molecule has 0 unspecified atom stereocenters. The van der Waals surface area contributed by atoms with Crippen LogP contribution in [0, 0.1) is 11.6 Å². The Hall–Kier alpha value is -1.77. The van der Waals surface area contributed by atoms with Crippen LogP contribution in [0.5, 0.6) is 0 Å². The van der Waals surface area contributed by atoms with Gasteiger partial charge in [0, 0.05) is 17.2 Å². The monoisotopic (exact) mass is 736 g/mol. The summed E-state index contributed by atoms with van der Waals surface area (Å²) in [6, 6.07) is 0.0105. The molecule has 0 saturated carbocycles. The molecule has 0 spiro atoms. The molecule has 3 atom stereocenters. The Balaban J connectivity index is 0.000000440. The topological polar surface area (TPSA) is 58.5 Å². The van der Waals surface area contributed by atoms with Gasteiger partial charge in [-0.15, -0.1) is 0 Å². The van der Waals surface area contributed by atoms with Crippen molar-refractivity contribution in [1.82, 2.24) is 4.72 Å². The zero-order chi connectivity index (χ0) is 35.2. The molecule has 20 heteroatoms. The van der Waals surface area contributed by atoms with Gasteiger partial charge in [0.25, 0.3) is 0 Å². The predicted molar refractivity (Wildman–Crippen MR) is 155 cm³/mol. The summed E-state index contributed by atoms with van der Waals surface area (Å²) >= 11 is 0. The van der Waals surface area contributed by atoms with Crippen molar-refractivity contribution in [3.63, 3.8) is 0 Å². The van der Waals surface area contributed by atoms with Crippen molar-refractivity contribution in [2.24, 2.45) is 4.40 Å². The SMILES string of the molecule is CC(=N[S@@](=O)C(C)(C)C)c1ccc(S(F)(F)(F)(F)F)cc1F.C[C@H](N[S@@](=O)C(C)(C)C)c1ccc(S(F)(F)(F)(F)F)cc1F. The van der Waals surface area contributed by atoms with Crippen LogP contribution in [0.15, 0.2) is 50.6 Å². The van der Waals surface area contributed by atoms with Crippen LogP contribution in [-0.2, 0) is 22.0 Å². The zero-order valence-electron chi connectivity index (χ0n) is 24.5. The van der Waals surface area contributed by atoms with Gasteiger partial charge in [0.15, 0.2) is 0 Å². The maximum atomic E-state index is 13.8. The van der Waals surface area contributed by atoms with E-state index in [1.54, 1.807) is 41.5 Å². The molecule has 0 aliphatic carbocycles. The average molecular weight is 737 g/mol. The first kappa shape index (κ1) is 40.3. The fourth-order valence-corrected chi connectivity index (χ4v) is 5.56. The highest BCUT2D eigenvalue weighted by Crippen LogP contribution is 3.02. The largest absolute Gasteiger partial charge is 0.310 e. The van der Waals surface area contributed by atoms with Gasteiger partial charge in [-0.05, 0) is 85.7 Å². The van der Waals surface area contributed by atoms with E-state index in [9.17, 15) is 56.1 Å². The number of halogens is 12. The smallest absolute Gasteiger partial charge is 0.242 e. The minimum atomic E-state index is -9.93. The Labute approximate surface area is 252 Å². The first-order valence-corrected chi connectivity index (χ1v) is 18.2. The molecular weight excluding hydrogens is 705 g/mol. The van der Waals surface area contributed by atoms with E-state index in [0.717, 1.165) is 0 Å². The van der Waals surface area contributed by atoms with E-state index < -0.39 is 84.9 Å². The lowest BCUT2D eigenvalue weighted by Gasteiger charge is -2.40. The summed E-state index contributed by atoms with van der Waals surface area (Å²) in [6.07, 6.45) is 0. The third kappa shape index (κ3) is 11.9. The fourth-order valence-electron chi connectivity index (χ4n) is 2.84. The van der Waals surface area contributed by atoms with Gasteiger partial charge in [-0.25, -0.2) is 21.9 Å². The first-order chi connectivity index (χ1) is 18.8. The number of hydrogen-bond donors (Lipinski definition) is 1. The number of benzene rings is 2. The van der Waals surface area contributed by atoms with Crippen molar-refractivity contribution < 1.29 is 56.1 Å². The Bertz CT molecular complexity index is 1500. The number of nitrogens with one attached hydrogen (secondary N) is 1. The second-order valence-corrected chi connectivity index (χ2v) is 20.2. The van der Waals surface area contributed by atoms with Crippen LogP contribution in [0.2, 0.25) is 0 Å². The standard InChI is InChI=1S/C12H17F6NOS2.C12H15F6NOS2/c2*1-8(19-21(20)12(2,3)4)10-6-5-9(7-11(10)13)22(14,15,16,17)18/h5-8,19H,1-4H3;5-7H,1-4H3/t8-,21-;21-/m00/s1. The first-order valence-electron chi connectivity index (χ1n) is 12.1. The molecule has 4 nitrogen and oxygen atoms in total. The molecule has 2 aromatic carbocycles. The Kier molecular flexibility index (Phi) is 9.98. The van der Waals surface area contributed by atoms with Gasteiger partial charge in [-0.3, -0.25) is 0 Å². The summed E-state index contributed by atoms with van der Waals surface area (Å²) in [5.74, 6) is -2.94. The fraction of sp³-hybridized carbons (Fsp3) is 0.458. The maximum Gasteiger partial charge on any atom is 0.310 e. The number of nitrogens with zero attached hydrogens (tertiary/aromatic N) is 1. The average Bonchev–Trinajstić information content (AvgIpc) is 2.74. The van der Waals surface area contributed by atoms with E-state index in [4.69, 9.17) is 0 Å². The van der Waals surface area contributed by atoms with Crippen LogP contribution in [0.1, 0.15) is 72.6 Å². The normalized spacial score (nSPS) is 18.9. The van der Waals surface area contributed by atoms with Crippen LogP contribution in [0.4, 0.5) is 47.6 Å². The summed E-state index contributed by atoms with van der Waals surface area (Å²) in [6.45, 7) is 12.4. The zero-order valence-corrected chi connectivity index (χ0v) is 27.7. The van der Waals surface area contributed by atoms with Crippen LogP contribution in [0.3, 0.4) is 0 Å². The van der Waals surface area contributed by atoms with Gasteiger partial charge in [0.1, 0.15) is 32.4 Å². The molecular formula is C24H32F12N2O2S4. The summed E-state index contributed by atoms with van der Waals surface area (Å²) in [7, 11) is -23.2. The molecule has 0 bridgehead atoms. The summed E-state index contributed by atoms with van der Waals surface area (Å²) < 4.78 is 182. The lowest BCUT2D eigenvalue weighted by Crippen LogP contribution is -2.35. The van der Waals surface area contributed by atoms with E-state index in [1.807, 2.05) is 0 Å². The van der Waals surface area contributed by atoms with Crippen LogP contribution in [-0.4, -0.2) is 23.6 Å². The van der Waals surface area contributed by atoms with E-state index in [0.29, 0.717) is 12.1 Å². The lowest BCUT2D eigenvalue weighted by atomic mass is 10.1. The maximum absolute atomic E-state index is 13.8. The van der Waals surface area contributed by atoms with Gasteiger partial charge in [-0.2, -0.15) is 4.40 Å². The molecule has 0 heterocycles. The predicted octanol–water partition coefficient (Wildman–Crippen LogP) is 11.4. The molecule has 2 rings (SSSR count). The summed E-state index contributed by atoms with van der Waals surface area (Å²) in [4.78, 5) is -4.60. The Morgan fingerprint density at radius 1 is 0.727 bits per heavy atom. The van der Waals surface area contributed by atoms with Crippen LogP contribution < -0.4 is 4.72 Å². The van der Waals surface area contributed by atoms with Gasteiger partial charge >= 0.3 is 20.4 Å². The summed E-state index contributed by atoms with van der Waals surface area (Å²) in [5, 5.41) is 0. The van der Waals surface area contributed by atoms with Crippen molar-refractivity contribution in [2.45, 2.75) is 80.7 Å². The highest BCUT2D eigenvalue weighted by atomic mass is 32.5. The van der Waals surface area contributed by atoms with Crippen molar-refractivity contribution >= 4 is 48.1 Å². The molecule has 0 fully saturated rings. The quantitative estimate of drug-likeness (QED) is 0.227. The highest BCUT2D eigenvalue weighted by Gasteiger charge is 2.66. The third-order valence-corrected chi connectivity index (χ3v) is 10.7. The minimum Gasteiger partial charge on any atom is -0.242 e. The molecule has 0 radical (unpaired) electrons. The minimum absolute atomic E-state index is 0.0962. The Morgan fingerprint density at radius 3 is 1.48 bits per heavy atom. The van der Waals surface area contributed by atoms with Crippen molar-refractivity contribution in [1.29, 1.82) is 0 Å². The highest BCUT2D eigenvalue weighted by molar-refractivity contribution is 8.46. The second kappa shape index (κ2) is 10.9. The van der Waals surface area contributed by atoms with E-state index in [1.165, 1.54) is 13.8 Å². The second-order valence-electron chi connectivity index (χ2n) is 11.5. The van der Waals surface area contributed by atoms with E-state index >= 15 is 0 Å². The Morgan fingerprint density at radius 2 is 1.14 bits per heavy atom. The molecule has 2 aromatic rings. The van der Waals surface area contributed by atoms with Gasteiger partial charge in [-0.1, -0.05) is 44.9 Å². The van der Waals surface area contributed by atoms with Crippen molar-refractivity contribution in [3.8, 4) is 0 Å². The molecule has 0 aliphatic heterocycles.